The average Bonchev–Trinajstić information content (AvgIpc) is 2.31. The molecular formula is C13H14ClN3. The molecule has 0 spiro atoms. The Bertz CT molecular complexity index is 509. The molecule has 0 atom stereocenters. The van der Waals surface area contributed by atoms with Crippen LogP contribution in [0.3, 0.4) is 0 Å². The summed E-state index contributed by atoms with van der Waals surface area (Å²) in [6.45, 7) is 4.06. The van der Waals surface area contributed by atoms with Crippen LogP contribution in [0.25, 0.3) is 0 Å². The Hall–Kier alpha value is -1.61. The van der Waals surface area contributed by atoms with Crippen LogP contribution in [0.5, 0.6) is 0 Å². The first-order valence-electron chi connectivity index (χ1n) is 5.54. The molecule has 0 aliphatic heterocycles. The lowest BCUT2D eigenvalue weighted by Crippen LogP contribution is -1.99. The molecule has 0 radical (unpaired) electrons. The summed E-state index contributed by atoms with van der Waals surface area (Å²) in [7, 11) is 0. The summed E-state index contributed by atoms with van der Waals surface area (Å²) in [5.74, 6) is 1.47. The number of aryl methyl sites for hydroxylation is 2. The Morgan fingerprint density at radius 1 is 1.18 bits per heavy atom. The van der Waals surface area contributed by atoms with Gasteiger partial charge >= 0.3 is 0 Å². The first-order valence-corrected chi connectivity index (χ1v) is 5.92. The van der Waals surface area contributed by atoms with E-state index in [1.54, 1.807) is 6.07 Å². The van der Waals surface area contributed by atoms with Crippen molar-refractivity contribution in [3.05, 3.63) is 46.9 Å². The van der Waals surface area contributed by atoms with Gasteiger partial charge in [0.2, 0.25) is 0 Å². The van der Waals surface area contributed by atoms with Gasteiger partial charge < -0.3 is 5.32 Å². The van der Waals surface area contributed by atoms with E-state index in [0.29, 0.717) is 5.15 Å². The lowest BCUT2D eigenvalue weighted by atomic mass is 10.2. The molecule has 1 aromatic carbocycles. The molecule has 2 aromatic rings. The van der Waals surface area contributed by atoms with E-state index < -0.39 is 0 Å². The molecule has 0 bridgehead atoms. The molecule has 0 aliphatic rings. The number of benzene rings is 1. The van der Waals surface area contributed by atoms with Gasteiger partial charge in [-0.25, -0.2) is 9.97 Å². The fourth-order valence-electron chi connectivity index (χ4n) is 1.47. The van der Waals surface area contributed by atoms with Crippen LogP contribution in [0.15, 0.2) is 30.3 Å². The molecule has 1 aromatic heterocycles. The van der Waals surface area contributed by atoms with Gasteiger partial charge in [-0.05, 0) is 19.1 Å². The summed E-state index contributed by atoms with van der Waals surface area (Å²) >= 11 is 5.93. The van der Waals surface area contributed by atoms with Crippen molar-refractivity contribution in [3.63, 3.8) is 0 Å². The number of rotatable bonds is 3. The molecular weight excluding hydrogens is 234 g/mol. The van der Waals surface area contributed by atoms with Gasteiger partial charge in [-0.1, -0.05) is 36.2 Å². The van der Waals surface area contributed by atoms with Gasteiger partial charge in [0.05, 0.1) is 0 Å². The van der Waals surface area contributed by atoms with Crippen molar-refractivity contribution < 1.29 is 0 Å². The number of aromatic nitrogens is 2. The maximum atomic E-state index is 5.93. The Morgan fingerprint density at radius 2 is 1.88 bits per heavy atom. The maximum absolute atomic E-state index is 5.93. The lowest BCUT2D eigenvalue weighted by Gasteiger charge is -2.07. The second-order valence-corrected chi connectivity index (χ2v) is 4.22. The third kappa shape index (κ3) is 3.17. The molecule has 1 N–H and O–H groups in total. The van der Waals surface area contributed by atoms with Crippen molar-refractivity contribution >= 4 is 23.1 Å². The number of nitrogens with zero attached hydrogens (tertiary/aromatic N) is 2. The van der Waals surface area contributed by atoms with E-state index in [1.165, 1.54) is 5.56 Å². The summed E-state index contributed by atoms with van der Waals surface area (Å²) in [4.78, 5) is 8.49. The van der Waals surface area contributed by atoms with E-state index >= 15 is 0 Å². The van der Waals surface area contributed by atoms with Gasteiger partial charge in [0, 0.05) is 18.2 Å². The normalized spacial score (nSPS) is 10.3. The van der Waals surface area contributed by atoms with Gasteiger partial charge in [-0.2, -0.15) is 0 Å². The van der Waals surface area contributed by atoms with Crippen LogP contribution in [0.2, 0.25) is 5.15 Å². The molecule has 4 heteroatoms. The minimum Gasteiger partial charge on any atom is -0.340 e. The summed E-state index contributed by atoms with van der Waals surface area (Å²) in [5, 5.41) is 3.68. The minimum atomic E-state index is 0.464. The van der Waals surface area contributed by atoms with Gasteiger partial charge in [0.15, 0.2) is 0 Å². The largest absolute Gasteiger partial charge is 0.340 e. The van der Waals surface area contributed by atoms with Crippen molar-refractivity contribution in [1.82, 2.24) is 9.97 Å². The molecule has 0 aliphatic carbocycles. The molecule has 0 amide bonds. The number of halogens is 1. The zero-order valence-corrected chi connectivity index (χ0v) is 10.6. The van der Waals surface area contributed by atoms with Crippen LogP contribution in [0.4, 0.5) is 11.5 Å². The minimum absolute atomic E-state index is 0.464. The summed E-state index contributed by atoms with van der Waals surface area (Å²) in [6, 6.07) is 9.84. The fourth-order valence-corrected chi connectivity index (χ4v) is 1.67. The second kappa shape index (κ2) is 5.15. The molecule has 88 valence electrons. The molecule has 0 saturated heterocycles. The van der Waals surface area contributed by atoms with Gasteiger partial charge in [-0.3, -0.25) is 0 Å². The number of anilines is 2. The second-order valence-electron chi connectivity index (χ2n) is 3.84. The number of nitrogens with one attached hydrogen (secondary N) is 1. The number of hydrogen-bond acceptors (Lipinski definition) is 3. The molecule has 0 saturated carbocycles. The zero-order valence-electron chi connectivity index (χ0n) is 9.87. The molecule has 1 heterocycles. The predicted octanol–water partition coefficient (Wildman–Crippen LogP) is 3.74. The highest BCUT2D eigenvalue weighted by Gasteiger charge is 2.02. The fraction of sp³-hybridized carbons (Fsp3) is 0.231. The van der Waals surface area contributed by atoms with Crippen molar-refractivity contribution in [1.29, 1.82) is 0 Å². The summed E-state index contributed by atoms with van der Waals surface area (Å²) in [6.07, 6.45) is 0.767. The van der Waals surface area contributed by atoms with Gasteiger partial charge in [0.25, 0.3) is 0 Å². The summed E-state index contributed by atoms with van der Waals surface area (Å²) < 4.78 is 0. The number of hydrogen-bond donors (Lipinski definition) is 1. The average molecular weight is 248 g/mol. The third-order valence-corrected chi connectivity index (χ3v) is 2.58. The van der Waals surface area contributed by atoms with Gasteiger partial charge in [-0.15, -0.1) is 0 Å². The maximum Gasteiger partial charge on any atom is 0.135 e. The molecule has 0 fully saturated rings. The smallest absolute Gasteiger partial charge is 0.135 e. The Labute approximate surface area is 106 Å². The van der Waals surface area contributed by atoms with E-state index in [9.17, 15) is 0 Å². The van der Waals surface area contributed by atoms with Gasteiger partial charge in [0.1, 0.15) is 16.8 Å². The van der Waals surface area contributed by atoms with E-state index in [-0.39, 0.29) is 0 Å². The molecule has 3 nitrogen and oxygen atoms in total. The van der Waals surface area contributed by atoms with Crippen LogP contribution in [-0.2, 0) is 6.42 Å². The Morgan fingerprint density at radius 3 is 2.53 bits per heavy atom. The first kappa shape index (κ1) is 11.9. The third-order valence-electron chi connectivity index (χ3n) is 2.38. The monoisotopic (exact) mass is 247 g/mol. The van der Waals surface area contributed by atoms with Crippen LogP contribution < -0.4 is 5.32 Å². The van der Waals surface area contributed by atoms with E-state index in [2.05, 4.69) is 22.2 Å². The Balaban J connectivity index is 2.23. The van der Waals surface area contributed by atoms with Crippen molar-refractivity contribution in [2.45, 2.75) is 20.3 Å². The Kier molecular flexibility index (Phi) is 3.59. The summed E-state index contributed by atoms with van der Waals surface area (Å²) in [5.41, 5.74) is 2.22. The van der Waals surface area contributed by atoms with Crippen LogP contribution in [0, 0.1) is 6.92 Å². The van der Waals surface area contributed by atoms with Crippen molar-refractivity contribution in [2.24, 2.45) is 0 Å². The molecule has 0 unspecified atom stereocenters. The first-order chi connectivity index (χ1) is 8.17. The quantitative estimate of drug-likeness (QED) is 0.840. The van der Waals surface area contributed by atoms with Crippen molar-refractivity contribution in [2.75, 3.05) is 5.32 Å². The predicted molar refractivity (Wildman–Crippen MR) is 70.9 cm³/mol. The molecule has 17 heavy (non-hydrogen) atoms. The van der Waals surface area contributed by atoms with E-state index in [0.717, 1.165) is 23.8 Å². The topological polar surface area (TPSA) is 37.8 Å². The van der Waals surface area contributed by atoms with Crippen molar-refractivity contribution in [3.8, 4) is 0 Å². The van der Waals surface area contributed by atoms with Crippen LogP contribution in [0.1, 0.15) is 18.3 Å². The highest BCUT2D eigenvalue weighted by molar-refractivity contribution is 6.29. The highest BCUT2D eigenvalue weighted by atomic mass is 35.5. The zero-order chi connectivity index (χ0) is 12.3. The van der Waals surface area contributed by atoms with E-state index in [1.807, 2.05) is 31.2 Å². The SMILES string of the molecule is CCc1nc(Cl)cc(Nc2ccc(C)cc2)n1. The van der Waals surface area contributed by atoms with E-state index in [4.69, 9.17) is 11.6 Å². The van der Waals surface area contributed by atoms with Crippen LogP contribution in [-0.4, -0.2) is 9.97 Å². The van der Waals surface area contributed by atoms with Crippen LogP contribution >= 0.6 is 11.6 Å². The highest BCUT2D eigenvalue weighted by Crippen LogP contribution is 2.18. The molecule has 2 rings (SSSR count). The standard InChI is InChI=1S/C13H14ClN3/c1-3-12-16-11(14)8-13(17-12)15-10-6-4-9(2)5-7-10/h4-8H,3H2,1-2H3,(H,15,16,17). The lowest BCUT2D eigenvalue weighted by molar-refractivity contribution is 0.943.